The average molecular weight is 151 g/mol. The van der Waals surface area contributed by atoms with Gasteiger partial charge in [-0.1, -0.05) is 6.58 Å². The third-order valence-corrected chi connectivity index (χ3v) is 1.36. The molecule has 4 N–H and O–H groups in total. The van der Waals surface area contributed by atoms with Crippen LogP contribution in [0.1, 0.15) is 5.56 Å². The van der Waals surface area contributed by atoms with Gasteiger partial charge < -0.3 is 15.9 Å². The molecule has 1 rings (SSSR count). The number of benzene rings is 1. The first-order valence-electron chi connectivity index (χ1n) is 3.08. The Hall–Kier alpha value is -1.64. The lowest BCUT2D eigenvalue weighted by atomic mass is 10.2. The van der Waals surface area contributed by atoms with Gasteiger partial charge in [-0.2, -0.15) is 0 Å². The second kappa shape index (κ2) is 2.54. The largest absolute Gasteiger partial charge is 0.508 e. The van der Waals surface area contributed by atoms with Crippen LogP contribution in [0.25, 0.3) is 5.76 Å². The molecular weight excluding hydrogens is 142 g/mol. The van der Waals surface area contributed by atoms with Crippen molar-refractivity contribution in [2.24, 2.45) is 0 Å². The summed E-state index contributed by atoms with van der Waals surface area (Å²) in [5, 5.41) is 18.0. The number of aromatic hydroxyl groups is 1. The lowest BCUT2D eigenvalue weighted by Crippen LogP contribution is -1.87. The molecule has 0 amide bonds. The first kappa shape index (κ1) is 7.47. The van der Waals surface area contributed by atoms with Crippen molar-refractivity contribution in [2.75, 3.05) is 5.73 Å². The standard InChI is InChI=1S/C8H9NO2/c1-5(10)6-2-3-7(9)8(11)4-6/h2-4,10-11H,1,9H2. The van der Waals surface area contributed by atoms with Crippen LogP contribution in [0, 0.1) is 0 Å². The highest BCUT2D eigenvalue weighted by Gasteiger charge is 1.99. The summed E-state index contributed by atoms with van der Waals surface area (Å²) in [5.41, 5.74) is 6.08. The fourth-order valence-electron chi connectivity index (χ4n) is 0.723. The van der Waals surface area contributed by atoms with E-state index in [1.165, 1.54) is 12.1 Å². The van der Waals surface area contributed by atoms with Crippen LogP contribution in [-0.2, 0) is 0 Å². The van der Waals surface area contributed by atoms with Crippen LogP contribution in [0.4, 0.5) is 5.69 Å². The van der Waals surface area contributed by atoms with E-state index in [1.807, 2.05) is 0 Å². The van der Waals surface area contributed by atoms with E-state index in [0.717, 1.165) is 0 Å². The van der Waals surface area contributed by atoms with Crippen LogP contribution in [0.3, 0.4) is 0 Å². The van der Waals surface area contributed by atoms with E-state index < -0.39 is 0 Å². The Labute approximate surface area is 64.4 Å². The summed E-state index contributed by atoms with van der Waals surface area (Å²) in [4.78, 5) is 0. The van der Waals surface area contributed by atoms with Gasteiger partial charge in [-0.15, -0.1) is 0 Å². The molecule has 1 aromatic carbocycles. The maximum atomic E-state index is 9.07. The zero-order valence-electron chi connectivity index (χ0n) is 5.91. The number of anilines is 1. The van der Waals surface area contributed by atoms with Gasteiger partial charge >= 0.3 is 0 Å². The molecular formula is C8H9NO2. The van der Waals surface area contributed by atoms with Crippen molar-refractivity contribution in [3.05, 3.63) is 30.3 Å². The number of aliphatic hydroxyl groups is 1. The Bertz CT molecular complexity index is 294. The van der Waals surface area contributed by atoms with Crippen LogP contribution in [0.2, 0.25) is 0 Å². The number of hydrogen-bond donors (Lipinski definition) is 3. The number of phenolic OH excluding ortho intramolecular Hbond substituents is 1. The normalized spacial score (nSPS) is 9.45. The van der Waals surface area contributed by atoms with Gasteiger partial charge in [0.2, 0.25) is 0 Å². The maximum absolute atomic E-state index is 9.07. The summed E-state index contributed by atoms with van der Waals surface area (Å²) in [6, 6.07) is 4.45. The van der Waals surface area contributed by atoms with Crippen molar-refractivity contribution >= 4 is 11.4 Å². The van der Waals surface area contributed by atoms with Crippen molar-refractivity contribution in [3.63, 3.8) is 0 Å². The minimum Gasteiger partial charge on any atom is -0.508 e. The molecule has 0 unspecified atom stereocenters. The first-order valence-corrected chi connectivity index (χ1v) is 3.08. The fourth-order valence-corrected chi connectivity index (χ4v) is 0.723. The van der Waals surface area contributed by atoms with Crippen molar-refractivity contribution in [1.82, 2.24) is 0 Å². The van der Waals surface area contributed by atoms with Crippen molar-refractivity contribution in [3.8, 4) is 5.75 Å². The van der Waals surface area contributed by atoms with Gasteiger partial charge in [-0.3, -0.25) is 0 Å². The summed E-state index contributed by atoms with van der Waals surface area (Å²) >= 11 is 0. The topological polar surface area (TPSA) is 66.5 Å². The number of phenols is 1. The predicted octanol–water partition coefficient (Wildman–Crippen LogP) is 1.50. The smallest absolute Gasteiger partial charge is 0.139 e. The molecule has 0 aromatic heterocycles. The number of rotatable bonds is 1. The Morgan fingerprint density at radius 1 is 1.45 bits per heavy atom. The Morgan fingerprint density at radius 3 is 2.55 bits per heavy atom. The minimum absolute atomic E-state index is 0.0438. The number of hydrogen-bond acceptors (Lipinski definition) is 3. The van der Waals surface area contributed by atoms with Crippen LogP contribution < -0.4 is 5.73 Å². The van der Waals surface area contributed by atoms with E-state index in [2.05, 4.69) is 6.58 Å². The molecule has 0 aliphatic heterocycles. The number of nitrogen functional groups attached to an aromatic ring is 1. The second-order valence-electron chi connectivity index (χ2n) is 2.22. The minimum atomic E-state index is -0.0831. The molecule has 3 heteroatoms. The van der Waals surface area contributed by atoms with E-state index in [1.54, 1.807) is 6.07 Å². The van der Waals surface area contributed by atoms with E-state index >= 15 is 0 Å². The predicted molar refractivity (Wildman–Crippen MR) is 44.2 cm³/mol. The van der Waals surface area contributed by atoms with Gasteiger partial charge in [0, 0.05) is 5.56 Å². The van der Waals surface area contributed by atoms with Gasteiger partial charge in [0.1, 0.15) is 11.5 Å². The Kier molecular flexibility index (Phi) is 1.72. The van der Waals surface area contributed by atoms with Crippen LogP contribution in [0.15, 0.2) is 24.8 Å². The Morgan fingerprint density at radius 2 is 2.09 bits per heavy atom. The fraction of sp³-hybridized carbons (Fsp3) is 0. The molecule has 11 heavy (non-hydrogen) atoms. The molecule has 0 heterocycles. The highest BCUT2D eigenvalue weighted by molar-refractivity contribution is 5.63. The molecule has 0 atom stereocenters. The monoisotopic (exact) mass is 151 g/mol. The summed E-state index contributed by atoms with van der Waals surface area (Å²) in [7, 11) is 0. The molecule has 0 fully saturated rings. The maximum Gasteiger partial charge on any atom is 0.139 e. The molecule has 0 saturated heterocycles. The molecule has 0 aliphatic carbocycles. The van der Waals surface area contributed by atoms with E-state index in [0.29, 0.717) is 5.56 Å². The first-order chi connectivity index (χ1) is 5.11. The molecule has 3 nitrogen and oxygen atoms in total. The lowest BCUT2D eigenvalue weighted by Gasteiger charge is -2.01. The summed E-state index contributed by atoms with van der Waals surface area (Å²) in [6.07, 6.45) is 0. The molecule has 0 spiro atoms. The van der Waals surface area contributed by atoms with Gasteiger partial charge in [-0.05, 0) is 18.2 Å². The summed E-state index contributed by atoms with van der Waals surface area (Å²) in [6.45, 7) is 3.30. The van der Waals surface area contributed by atoms with Crippen molar-refractivity contribution in [1.29, 1.82) is 0 Å². The molecule has 0 bridgehead atoms. The van der Waals surface area contributed by atoms with E-state index in [-0.39, 0.29) is 17.2 Å². The second-order valence-corrected chi connectivity index (χ2v) is 2.22. The third kappa shape index (κ3) is 1.43. The van der Waals surface area contributed by atoms with E-state index in [9.17, 15) is 0 Å². The van der Waals surface area contributed by atoms with E-state index in [4.69, 9.17) is 15.9 Å². The molecule has 0 saturated carbocycles. The van der Waals surface area contributed by atoms with Crippen molar-refractivity contribution < 1.29 is 10.2 Å². The third-order valence-electron chi connectivity index (χ3n) is 1.36. The van der Waals surface area contributed by atoms with Crippen LogP contribution in [-0.4, -0.2) is 10.2 Å². The molecule has 58 valence electrons. The highest BCUT2D eigenvalue weighted by Crippen LogP contribution is 2.22. The quantitative estimate of drug-likeness (QED) is 0.323. The van der Waals surface area contributed by atoms with Gasteiger partial charge in [0.25, 0.3) is 0 Å². The molecule has 0 aliphatic rings. The Balaban J connectivity index is 3.15. The highest BCUT2D eigenvalue weighted by atomic mass is 16.3. The molecule has 1 aromatic rings. The van der Waals surface area contributed by atoms with Gasteiger partial charge in [0.05, 0.1) is 5.69 Å². The number of nitrogens with two attached hydrogens (primary N) is 1. The van der Waals surface area contributed by atoms with Crippen LogP contribution >= 0.6 is 0 Å². The zero-order chi connectivity index (χ0) is 8.43. The number of aliphatic hydroxyl groups excluding tert-OH is 1. The summed E-state index contributed by atoms with van der Waals surface area (Å²) < 4.78 is 0. The van der Waals surface area contributed by atoms with Crippen LogP contribution in [0.5, 0.6) is 5.75 Å². The SMILES string of the molecule is C=C(O)c1ccc(N)c(O)c1. The average Bonchev–Trinajstić information content (AvgIpc) is 1.94. The lowest BCUT2D eigenvalue weighted by molar-refractivity contribution is 0.475. The van der Waals surface area contributed by atoms with Crippen molar-refractivity contribution in [2.45, 2.75) is 0 Å². The van der Waals surface area contributed by atoms with Gasteiger partial charge in [-0.25, -0.2) is 0 Å². The zero-order valence-corrected chi connectivity index (χ0v) is 5.91. The summed E-state index contributed by atoms with van der Waals surface area (Å²) in [5.74, 6) is -0.127. The van der Waals surface area contributed by atoms with Gasteiger partial charge in [0.15, 0.2) is 0 Å². The molecule has 0 radical (unpaired) electrons.